The minimum absolute atomic E-state index is 0.0522. The van der Waals surface area contributed by atoms with Crippen LogP contribution in [0.4, 0.5) is 0 Å². The summed E-state index contributed by atoms with van der Waals surface area (Å²) in [6, 6.07) is 7.12. The van der Waals surface area contributed by atoms with E-state index in [2.05, 4.69) is 21.2 Å². The largest absolute Gasteiger partial charge is 0.358 e. The van der Waals surface area contributed by atoms with E-state index in [-0.39, 0.29) is 18.4 Å². The van der Waals surface area contributed by atoms with Crippen LogP contribution in [-0.4, -0.2) is 37.4 Å². The van der Waals surface area contributed by atoms with Crippen LogP contribution in [0.25, 0.3) is 0 Å². The van der Waals surface area contributed by atoms with Gasteiger partial charge < -0.3 is 10.2 Å². The smallest absolute Gasteiger partial charge is 0.255 e. The first-order chi connectivity index (χ1) is 7.56. The Balaban J connectivity index is 2.79. The third-order valence-electron chi connectivity index (χ3n) is 2.11. The summed E-state index contributed by atoms with van der Waals surface area (Å²) in [5.74, 6) is -0.376. The molecule has 0 bridgehead atoms. The molecule has 0 heterocycles. The normalized spacial score (nSPS) is 9.69. The predicted octanol–water partition coefficient (Wildman–Crippen LogP) is 1.27. The predicted molar refractivity (Wildman–Crippen MR) is 65.2 cm³/mol. The minimum Gasteiger partial charge on any atom is -0.358 e. The van der Waals surface area contributed by atoms with Crippen LogP contribution in [-0.2, 0) is 4.79 Å². The number of hydrogen-bond donors (Lipinski definition) is 1. The zero-order chi connectivity index (χ0) is 12.1. The molecule has 0 aliphatic rings. The molecule has 16 heavy (non-hydrogen) atoms. The molecule has 0 aromatic heterocycles. The molecule has 2 amide bonds. The Hall–Kier alpha value is -1.36. The number of likely N-dealkylation sites (N-methyl/N-ethyl adjacent to an activating group) is 2. The molecule has 1 rings (SSSR count). The van der Waals surface area contributed by atoms with E-state index in [1.54, 1.807) is 32.3 Å². The summed E-state index contributed by atoms with van der Waals surface area (Å²) in [5.41, 5.74) is 0.550. The average molecular weight is 285 g/mol. The minimum atomic E-state index is -0.192. The fourth-order valence-corrected chi connectivity index (χ4v) is 1.66. The zero-order valence-corrected chi connectivity index (χ0v) is 10.7. The van der Waals surface area contributed by atoms with E-state index < -0.39 is 0 Å². The number of benzene rings is 1. The Morgan fingerprint density at radius 3 is 2.56 bits per heavy atom. The lowest BCUT2D eigenvalue weighted by atomic mass is 10.2. The lowest BCUT2D eigenvalue weighted by molar-refractivity contribution is -0.121. The van der Waals surface area contributed by atoms with Crippen molar-refractivity contribution < 1.29 is 9.59 Å². The summed E-state index contributed by atoms with van der Waals surface area (Å²) in [7, 11) is 3.14. The van der Waals surface area contributed by atoms with E-state index in [9.17, 15) is 9.59 Å². The van der Waals surface area contributed by atoms with E-state index in [1.807, 2.05) is 6.07 Å². The third-order valence-corrected chi connectivity index (χ3v) is 2.80. The second-order valence-electron chi connectivity index (χ2n) is 3.31. The molecule has 1 N–H and O–H groups in total. The highest BCUT2D eigenvalue weighted by molar-refractivity contribution is 9.10. The fraction of sp³-hybridized carbons (Fsp3) is 0.273. The van der Waals surface area contributed by atoms with Gasteiger partial charge in [-0.15, -0.1) is 0 Å². The Morgan fingerprint density at radius 1 is 1.38 bits per heavy atom. The second-order valence-corrected chi connectivity index (χ2v) is 4.17. The van der Waals surface area contributed by atoms with Gasteiger partial charge in [0.1, 0.15) is 0 Å². The summed E-state index contributed by atoms with van der Waals surface area (Å²) in [5, 5.41) is 2.47. The molecule has 0 radical (unpaired) electrons. The van der Waals surface area contributed by atoms with Crippen molar-refractivity contribution >= 4 is 27.7 Å². The highest BCUT2D eigenvalue weighted by Crippen LogP contribution is 2.17. The van der Waals surface area contributed by atoms with Crippen LogP contribution < -0.4 is 5.32 Å². The van der Waals surface area contributed by atoms with Crippen molar-refractivity contribution in [3.63, 3.8) is 0 Å². The van der Waals surface area contributed by atoms with Crippen molar-refractivity contribution in [3.05, 3.63) is 34.3 Å². The van der Waals surface area contributed by atoms with Gasteiger partial charge in [-0.1, -0.05) is 12.1 Å². The number of hydrogen-bond acceptors (Lipinski definition) is 2. The molecular weight excluding hydrogens is 272 g/mol. The third kappa shape index (κ3) is 3.06. The van der Waals surface area contributed by atoms with Gasteiger partial charge in [-0.2, -0.15) is 0 Å². The van der Waals surface area contributed by atoms with Crippen molar-refractivity contribution in [3.8, 4) is 0 Å². The molecule has 5 heteroatoms. The van der Waals surface area contributed by atoms with Crippen molar-refractivity contribution in [2.24, 2.45) is 0 Å². The molecule has 0 aliphatic carbocycles. The molecule has 0 spiro atoms. The lowest BCUT2D eigenvalue weighted by Crippen LogP contribution is -2.37. The molecule has 0 aliphatic heterocycles. The standard InChI is InChI=1S/C11H13BrN2O2/c1-13-10(15)7-14(2)11(16)8-5-3-4-6-9(8)12/h3-6H,7H2,1-2H3,(H,13,15). The molecule has 0 atom stereocenters. The summed E-state index contributed by atoms with van der Waals surface area (Å²) in [4.78, 5) is 24.4. The van der Waals surface area contributed by atoms with Crippen LogP contribution in [0.2, 0.25) is 0 Å². The van der Waals surface area contributed by atoms with Crippen LogP contribution in [0.15, 0.2) is 28.7 Å². The van der Waals surface area contributed by atoms with Gasteiger partial charge in [0.25, 0.3) is 5.91 Å². The van der Waals surface area contributed by atoms with E-state index in [0.29, 0.717) is 5.56 Å². The van der Waals surface area contributed by atoms with Crippen LogP contribution in [0.1, 0.15) is 10.4 Å². The van der Waals surface area contributed by atoms with Gasteiger partial charge in [0, 0.05) is 18.6 Å². The maximum absolute atomic E-state index is 11.9. The van der Waals surface area contributed by atoms with Gasteiger partial charge in [-0.25, -0.2) is 0 Å². The highest BCUT2D eigenvalue weighted by atomic mass is 79.9. The van der Waals surface area contributed by atoms with Gasteiger partial charge in [0.15, 0.2) is 0 Å². The van der Waals surface area contributed by atoms with Crippen molar-refractivity contribution in [1.82, 2.24) is 10.2 Å². The van der Waals surface area contributed by atoms with E-state index in [1.165, 1.54) is 4.90 Å². The lowest BCUT2D eigenvalue weighted by Gasteiger charge is -2.16. The highest BCUT2D eigenvalue weighted by Gasteiger charge is 2.15. The Bertz CT molecular complexity index is 407. The van der Waals surface area contributed by atoms with Crippen LogP contribution >= 0.6 is 15.9 Å². The number of carbonyl (C=O) groups excluding carboxylic acids is 2. The number of nitrogens with zero attached hydrogens (tertiary/aromatic N) is 1. The first kappa shape index (κ1) is 12.7. The Labute approximate surface area is 103 Å². The molecule has 0 saturated carbocycles. The van der Waals surface area contributed by atoms with Gasteiger partial charge in [-0.3, -0.25) is 9.59 Å². The molecule has 1 aromatic carbocycles. The van der Waals surface area contributed by atoms with E-state index in [0.717, 1.165) is 4.47 Å². The maximum atomic E-state index is 11.9. The number of nitrogens with one attached hydrogen (secondary N) is 1. The first-order valence-corrected chi connectivity index (χ1v) is 5.56. The van der Waals surface area contributed by atoms with Gasteiger partial charge >= 0.3 is 0 Å². The van der Waals surface area contributed by atoms with Crippen LogP contribution in [0.3, 0.4) is 0 Å². The van der Waals surface area contributed by atoms with Gasteiger partial charge in [0.2, 0.25) is 5.91 Å². The van der Waals surface area contributed by atoms with E-state index in [4.69, 9.17) is 0 Å². The molecule has 0 saturated heterocycles. The monoisotopic (exact) mass is 284 g/mol. The number of amides is 2. The SMILES string of the molecule is CNC(=O)CN(C)C(=O)c1ccccc1Br. The van der Waals surface area contributed by atoms with Gasteiger partial charge in [-0.05, 0) is 28.1 Å². The quantitative estimate of drug-likeness (QED) is 0.909. The van der Waals surface area contributed by atoms with Crippen molar-refractivity contribution in [2.45, 2.75) is 0 Å². The van der Waals surface area contributed by atoms with Crippen molar-refractivity contribution in [1.29, 1.82) is 0 Å². The number of halogens is 1. The number of carbonyl (C=O) groups is 2. The fourth-order valence-electron chi connectivity index (χ4n) is 1.21. The summed E-state index contributed by atoms with van der Waals surface area (Å²) < 4.78 is 0.726. The van der Waals surface area contributed by atoms with Crippen LogP contribution in [0.5, 0.6) is 0 Å². The van der Waals surface area contributed by atoms with E-state index >= 15 is 0 Å². The van der Waals surface area contributed by atoms with Crippen LogP contribution in [0, 0.1) is 0 Å². The van der Waals surface area contributed by atoms with Crippen molar-refractivity contribution in [2.75, 3.05) is 20.6 Å². The first-order valence-electron chi connectivity index (χ1n) is 4.77. The zero-order valence-electron chi connectivity index (χ0n) is 9.16. The summed E-state index contributed by atoms with van der Waals surface area (Å²) in [6.45, 7) is 0.0522. The van der Waals surface area contributed by atoms with Gasteiger partial charge in [0.05, 0.1) is 12.1 Å². The molecule has 1 aromatic rings. The molecule has 4 nitrogen and oxygen atoms in total. The summed E-state index contributed by atoms with van der Waals surface area (Å²) >= 11 is 3.30. The molecular formula is C11H13BrN2O2. The summed E-state index contributed by atoms with van der Waals surface area (Å²) in [6.07, 6.45) is 0. The topological polar surface area (TPSA) is 49.4 Å². The maximum Gasteiger partial charge on any atom is 0.255 e. The Morgan fingerprint density at radius 2 is 2.00 bits per heavy atom. The molecule has 0 unspecified atom stereocenters. The number of rotatable bonds is 3. The Kier molecular flexibility index (Phi) is 4.49. The second kappa shape index (κ2) is 5.65. The molecule has 86 valence electrons. The average Bonchev–Trinajstić information content (AvgIpc) is 2.28. The molecule has 0 fully saturated rings.